The maximum Gasteiger partial charge on any atom is 0.224 e. The number of nitrogens with zero attached hydrogens (tertiary/aromatic N) is 1. The van der Waals surface area contributed by atoms with Crippen molar-refractivity contribution in [2.24, 2.45) is 11.7 Å². The van der Waals surface area contributed by atoms with Gasteiger partial charge in [0.1, 0.15) is 0 Å². The Morgan fingerprint density at radius 2 is 2.25 bits per heavy atom. The van der Waals surface area contributed by atoms with E-state index in [4.69, 9.17) is 17.3 Å². The van der Waals surface area contributed by atoms with E-state index in [2.05, 4.69) is 10.2 Å². The highest BCUT2D eigenvalue weighted by Crippen LogP contribution is 2.22. The molecule has 1 aliphatic heterocycles. The molecule has 1 saturated heterocycles. The Hall–Kier alpha value is -1.10. The van der Waals surface area contributed by atoms with Crippen LogP contribution in [0.3, 0.4) is 0 Å². The van der Waals surface area contributed by atoms with Crippen molar-refractivity contribution >= 4 is 17.5 Å². The predicted octanol–water partition coefficient (Wildman–Crippen LogP) is 1.63. The molecular formula is C15H22ClN3O. The molecule has 0 spiro atoms. The van der Waals surface area contributed by atoms with Gasteiger partial charge in [0.15, 0.2) is 0 Å². The largest absolute Gasteiger partial charge is 0.355 e. The minimum absolute atomic E-state index is 0.0674. The standard InChI is InChI=1S/C15H22ClN3O/c16-14-6-2-1-4-12(14)10-19-9-3-5-13(11-19)15(20)18-8-7-17/h1-2,4,6,13H,3,5,7-11,17H2,(H,18,20). The zero-order valence-electron chi connectivity index (χ0n) is 11.6. The van der Waals surface area contributed by atoms with Crippen LogP contribution in [0.25, 0.3) is 0 Å². The van der Waals surface area contributed by atoms with Gasteiger partial charge in [0.2, 0.25) is 5.91 Å². The van der Waals surface area contributed by atoms with Crippen LogP contribution in [0.2, 0.25) is 5.02 Å². The van der Waals surface area contributed by atoms with Crippen LogP contribution >= 0.6 is 11.6 Å². The van der Waals surface area contributed by atoms with Crippen LogP contribution in [0.5, 0.6) is 0 Å². The second-order valence-corrected chi connectivity index (χ2v) is 5.65. The fourth-order valence-corrected chi connectivity index (χ4v) is 2.82. The van der Waals surface area contributed by atoms with Crippen molar-refractivity contribution in [1.82, 2.24) is 10.2 Å². The van der Waals surface area contributed by atoms with E-state index in [0.717, 1.165) is 43.1 Å². The number of amides is 1. The Morgan fingerprint density at radius 3 is 3.00 bits per heavy atom. The number of rotatable bonds is 5. The summed E-state index contributed by atoms with van der Waals surface area (Å²) in [6.45, 7) is 3.66. The number of benzene rings is 1. The lowest BCUT2D eigenvalue weighted by atomic mass is 9.96. The third-order valence-corrected chi connectivity index (χ3v) is 4.04. The van der Waals surface area contributed by atoms with Gasteiger partial charge in [-0.15, -0.1) is 0 Å². The fourth-order valence-electron chi connectivity index (χ4n) is 2.62. The number of halogens is 1. The fraction of sp³-hybridized carbons (Fsp3) is 0.533. The number of carbonyl (C=O) groups excluding carboxylic acids is 1. The highest BCUT2D eigenvalue weighted by molar-refractivity contribution is 6.31. The molecule has 0 aromatic heterocycles. The van der Waals surface area contributed by atoms with Crippen LogP contribution < -0.4 is 11.1 Å². The van der Waals surface area contributed by atoms with Crippen molar-refractivity contribution in [3.63, 3.8) is 0 Å². The van der Waals surface area contributed by atoms with Gasteiger partial charge in [-0.25, -0.2) is 0 Å². The SMILES string of the molecule is NCCNC(=O)C1CCCN(Cc2ccccc2Cl)C1. The Morgan fingerprint density at radius 1 is 1.45 bits per heavy atom. The van der Waals surface area contributed by atoms with Crippen LogP contribution in [0.15, 0.2) is 24.3 Å². The summed E-state index contributed by atoms with van der Waals surface area (Å²) >= 11 is 6.19. The van der Waals surface area contributed by atoms with Crippen molar-refractivity contribution in [2.75, 3.05) is 26.2 Å². The summed E-state index contributed by atoms with van der Waals surface area (Å²) in [5.41, 5.74) is 6.54. The molecule has 0 saturated carbocycles. The molecule has 3 N–H and O–H groups in total. The Labute approximate surface area is 125 Å². The monoisotopic (exact) mass is 295 g/mol. The predicted molar refractivity (Wildman–Crippen MR) is 81.5 cm³/mol. The van der Waals surface area contributed by atoms with E-state index in [-0.39, 0.29) is 11.8 Å². The summed E-state index contributed by atoms with van der Waals surface area (Å²) in [7, 11) is 0. The molecule has 5 heteroatoms. The summed E-state index contributed by atoms with van der Waals surface area (Å²) in [6, 6.07) is 7.88. The summed E-state index contributed by atoms with van der Waals surface area (Å²) in [4.78, 5) is 14.3. The van der Waals surface area contributed by atoms with Gasteiger partial charge >= 0.3 is 0 Å². The van der Waals surface area contributed by atoms with Gasteiger partial charge in [-0.2, -0.15) is 0 Å². The van der Waals surface area contributed by atoms with Gasteiger partial charge in [-0.05, 0) is 31.0 Å². The van der Waals surface area contributed by atoms with E-state index < -0.39 is 0 Å². The van der Waals surface area contributed by atoms with Crippen molar-refractivity contribution < 1.29 is 4.79 Å². The number of hydrogen-bond donors (Lipinski definition) is 2. The molecule has 1 aromatic rings. The molecule has 1 unspecified atom stereocenters. The Kier molecular flexibility index (Phi) is 5.83. The molecule has 1 aliphatic rings. The Bertz CT molecular complexity index is 452. The zero-order valence-corrected chi connectivity index (χ0v) is 12.4. The Balaban J connectivity index is 1.90. The third kappa shape index (κ3) is 4.20. The molecule has 0 aliphatic carbocycles. The van der Waals surface area contributed by atoms with E-state index in [1.54, 1.807) is 0 Å². The summed E-state index contributed by atoms with van der Waals surface area (Å²) in [5, 5.41) is 3.67. The first kappa shape index (κ1) is 15.3. The lowest BCUT2D eigenvalue weighted by Crippen LogP contribution is -2.43. The van der Waals surface area contributed by atoms with E-state index >= 15 is 0 Å². The quantitative estimate of drug-likeness (QED) is 0.868. The molecule has 20 heavy (non-hydrogen) atoms. The lowest BCUT2D eigenvalue weighted by Gasteiger charge is -2.32. The first-order chi connectivity index (χ1) is 9.70. The van der Waals surface area contributed by atoms with Crippen molar-refractivity contribution in [3.8, 4) is 0 Å². The molecular weight excluding hydrogens is 274 g/mol. The zero-order chi connectivity index (χ0) is 14.4. The molecule has 2 rings (SSSR count). The minimum Gasteiger partial charge on any atom is -0.355 e. The molecule has 0 bridgehead atoms. The van der Waals surface area contributed by atoms with Crippen molar-refractivity contribution in [3.05, 3.63) is 34.9 Å². The number of nitrogens with one attached hydrogen (secondary N) is 1. The normalized spacial score (nSPS) is 19.8. The first-order valence-corrected chi connectivity index (χ1v) is 7.52. The highest BCUT2D eigenvalue weighted by atomic mass is 35.5. The second-order valence-electron chi connectivity index (χ2n) is 5.25. The van der Waals surface area contributed by atoms with Crippen LogP contribution in [0, 0.1) is 5.92 Å². The molecule has 1 amide bonds. The van der Waals surface area contributed by atoms with E-state index in [9.17, 15) is 4.79 Å². The molecule has 1 heterocycles. The van der Waals surface area contributed by atoms with Crippen LogP contribution in [-0.4, -0.2) is 37.0 Å². The third-order valence-electron chi connectivity index (χ3n) is 3.67. The maximum absolute atomic E-state index is 12.0. The number of hydrogen-bond acceptors (Lipinski definition) is 3. The molecule has 4 nitrogen and oxygen atoms in total. The van der Waals surface area contributed by atoms with E-state index in [1.165, 1.54) is 0 Å². The molecule has 110 valence electrons. The molecule has 1 fully saturated rings. The average molecular weight is 296 g/mol. The summed E-state index contributed by atoms with van der Waals surface area (Å²) in [5.74, 6) is 0.192. The average Bonchev–Trinajstić information content (AvgIpc) is 2.47. The lowest BCUT2D eigenvalue weighted by molar-refractivity contribution is -0.126. The smallest absolute Gasteiger partial charge is 0.224 e. The molecule has 0 radical (unpaired) electrons. The number of likely N-dealkylation sites (tertiary alicyclic amines) is 1. The summed E-state index contributed by atoms with van der Waals surface area (Å²) < 4.78 is 0. The van der Waals surface area contributed by atoms with Crippen LogP contribution in [0.4, 0.5) is 0 Å². The topological polar surface area (TPSA) is 58.4 Å². The number of piperidine rings is 1. The van der Waals surface area contributed by atoms with Gasteiger partial charge in [-0.1, -0.05) is 29.8 Å². The molecule has 1 aromatic carbocycles. The minimum atomic E-state index is 0.0674. The van der Waals surface area contributed by atoms with Gasteiger partial charge in [0, 0.05) is 31.2 Å². The first-order valence-electron chi connectivity index (χ1n) is 7.14. The van der Waals surface area contributed by atoms with Gasteiger partial charge < -0.3 is 11.1 Å². The van der Waals surface area contributed by atoms with Crippen LogP contribution in [0.1, 0.15) is 18.4 Å². The van der Waals surface area contributed by atoms with E-state index in [1.807, 2.05) is 24.3 Å². The van der Waals surface area contributed by atoms with Crippen LogP contribution in [-0.2, 0) is 11.3 Å². The van der Waals surface area contributed by atoms with Gasteiger partial charge in [0.25, 0.3) is 0 Å². The van der Waals surface area contributed by atoms with Crippen molar-refractivity contribution in [1.29, 1.82) is 0 Å². The van der Waals surface area contributed by atoms with Gasteiger partial charge in [0.05, 0.1) is 5.92 Å². The summed E-state index contributed by atoms with van der Waals surface area (Å²) in [6.07, 6.45) is 2.00. The van der Waals surface area contributed by atoms with E-state index in [0.29, 0.717) is 13.1 Å². The van der Waals surface area contributed by atoms with Gasteiger partial charge in [-0.3, -0.25) is 9.69 Å². The van der Waals surface area contributed by atoms with Crippen molar-refractivity contribution in [2.45, 2.75) is 19.4 Å². The second kappa shape index (κ2) is 7.62. The highest BCUT2D eigenvalue weighted by Gasteiger charge is 2.25. The molecule has 1 atom stereocenters. The maximum atomic E-state index is 12.0. The number of nitrogens with two attached hydrogens (primary N) is 1. The number of carbonyl (C=O) groups is 1.